The summed E-state index contributed by atoms with van der Waals surface area (Å²) in [6.45, 7) is 4.03. The van der Waals surface area contributed by atoms with Crippen LogP contribution in [0.4, 0.5) is 4.39 Å². The molecule has 3 aliphatic rings. The molecule has 1 fully saturated rings. The van der Waals surface area contributed by atoms with Crippen molar-refractivity contribution in [1.29, 1.82) is 0 Å². The molecule has 4 aromatic carbocycles. The van der Waals surface area contributed by atoms with Crippen LogP contribution in [0.2, 0.25) is 10.0 Å². The van der Waals surface area contributed by atoms with Crippen LogP contribution in [-0.4, -0.2) is 107 Å². The summed E-state index contributed by atoms with van der Waals surface area (Å²) in [6, 6.07) is 23.4. The third-order valence-electron chi connectivity index (χ3n) is 11.0. The van der Waals surface area contributed by atoms with Gasteiger partial charge < -0.3 is 38.1 Å². The van der Waals surface area contributed by atoms with E-state index in [0.29, 0.717) is 63.1 Å². The third kappa shape index (κ3) is 9.24. The van der Waals surface area contributed by atoms with E-state index in [-0.39, 0.29) is 58.2 Å². The SMILES string of the molecule is COc1ccccc1-c1nccc(COc2ccc3cc2C[C@@H](C(=O)O)Oc2ncnc4oc(-c5ccc(F)cc5)c(c24)-c2cc(Cl)c(c(Cl)c2)O[C@H](CN2CCN(C)CC2)CO3)n1. The maximum atomic E-state index is 14.2. The minimum atomic E-state index is -1.51. The van der Waals surface area contributed by atoms with Gasteiger partial charge in [0.15, 0.2) is 11.6 Å². The highest BCUT2D eigenvalue weighted by molar-refractivity contribution is 6.37. The largest absolute Gasteiger partial charge is 0.496 e. The second kappa shape index (κ2) is 18.7. The fourth-order valence-corrected chi connectivity index (χ4v) is 8.31. The van der Waals surface area contributed by atoms with Crippen molar-refractivity contribution in [3.05, 3.63) is 125 Å². The first-order valence-electron chi connectivity index (χ1n) is 20.4. The van der Waals surface area contributed by atoms with E-state index in [1.54, 1.807) is 61.8 Å². The standard InChI is InChI=1S/C47H41Cl2FN6O8/c1-55-15-17-56(18-16-55)23-33-25-60-32-11-12-37(61-24-31-13-14-51-44(54-31)34-5-3-4-6-38(34)59-2)28(19-32)22-39(47(57)58)63-45-41-40(29-20-35(48)43(62-33)36(49)21-29)42(64-46(41)53-26-52-45)27-7-9-30(50)10-8-27/h3-14,19-21,26,33,39H,15-18,22-25H2,1-2H3,(H,57,58)/t33-,39+/m1/s1. The molecule has 17 heteroatoms. The van der Waals surface area contributed by atoms with Crippen molar-refractivity contribution in [3.8, 4) is 62.7 Å². The van der Waals surface area contributed by atoms with E-state index in [2.05, 4.69) is 31.8 Å². The number of nitrogens with zero attached hydrogens (tertiary/aromatic N) is 6. The van der Waals surface area contributed by atoms with E-state index in [9.17, 15) is 14.3 Å². The van der Waals surface area contributed by atoms with Gasteiger partial charge in [-0.05, 0) is 85.4 Å². The van der Waals surface area contributed by atoms with Crippen LogP contribution in [0.15, 0.2) is 102 Å². The van der Waals surface area contributed by atoms with Gasteiger partial charge in [-0.25, -0.2) is 29.1 Å². The third-order valence-corrected chi connectivity index (χ3v) is 11.6. The molecular formula is C47H41Cl2FN6O8. The molecule has 1 N–H and O–H groups in total. The number of carboxylic acid groups (broad SMARTS) is 1. The molecule has 0 radical (unpaired) electrons. The molecular weight excluding hydrogens is 866 g/mol. The molecule has 0 amide bonds. The topological polar surface area (TPSA) is 155 Å². The summed E-state index contributed by atoms with van der Waals surface area (Å²) in [4.78, 5) is 35.7. The van der Waals surface area contributed by atoms with Crippen LogP contribution in [0.3, 0.4) is 0 Å². The molecule has 14 nitrogen and oxygen atoms in total. The number of piperazine rings is 1. The van der Waals surface area contributed by atoms with Crippen LogP contribution in [0.5, 0.6) is 28.9 Å². The number of para-hydroxylation sites is 1. The smallest absolute Gasteiger partial charge is 0.345 e. The highest BCUT2D eigenvalue weighted by atomic mass is 35.5. The number of methoxy groups -OCH3 is 1. The first-order valence-corrected chi connectivity index (χ1v) is 21.2. The Kier molecular flexibility index (Phi) is 12.5. The van der Waals surface area contributed by atoms with Gasteiger partial charge in [-0.2, -0.15) is 0 Å². The molecule has 3 aliphatic heterocycles. The lowest BCUT2D eigenvalue weighted by Crippen LogP contribution is -2.49. The van der Waals surface area contributed by atoms with E-state index in [1.165, 1.54) is 18.5 Å². The van der Waals surface area contributed by atoms with Gasteiger partial charge in [0.2, 0.25) is 17.7 Å². The van der Waals surface area contributed by atoms with Crippen molar-refractivity contribution in [1.82, 2.24) is 29.7 Å². The average Bonchev–Trinajstić information content (AvgIpc) is 3.70. The normalized spacial score (nSPS) is 17.0. The molecule has 2 atom stereocenters. The molecule has 0 aliphatic carbocycles. The van der Waals surface area contributed by atoms with E-state index in [4.69, 9.17) is 56.3 Å². The first-order chi connectivity index (χ1) is 31.1. The summed E-state index contributed by atoms with van der Waals surface area (Å²) in [5.74, 6) is 0.579. The molecule has 4 bridgehead atoms. The van der Waals surface area contributed by atoms with E-state index < -0.39 is 24.0 Å². The highest BCUT2D eigenvalue weighted by Gasteiger charge is 2.30. The van der Waals surface area contributed by atoms with Crippen LogP contribution < -0.4 is 23.7 Å². The van der Waals surface area contributed by atoms with E-state index in [1.807, 2.05) is 24.3 Å². The molecule has 1 saturated heterocycles. The van der Waals surface area contributed by atoms with Crippen molar-refractivity contribution < 1.29 is 42.4 Å². The predicted molar refractivity (Wildman–Crippen MR) is 237 cm³/mol. The number of aromatic nitrogens is 4. The Morgan fingerprint density at radius 3 is 2.45 bits per heavy atom. The Hall–Kier alpha value is -6.52. The van der Waals surface area contributed by atoms with Gasteiger partial charge in [-0.1, -0.05) is 35.3 Å². The summed E-state index contributed by atoms with van der Waals surface area (Å²) >= 11 is 14.1. The second-order valence-electron chi connectivity index (χ2n) is 15.4. The molecule has 7 aromatic rings. The van der Waals surface area contributed by atoms with Crippen LogP contribution in [0.25, 0.3) is 44.9 Å². The van der Waals surface area contributed by atoms with Gasteiger partial charge in [0.1, 0.15) is 59.9 Å². The quantitative estimate of drug-likeness (QED) is 0.147. The number of benzene rings is 4. The first kappa shape index (κ1) is 42.8. The lowest BCUT2D eigenvalue weighted by atomic mass is 9.99. The van der Waals surface area contributed by atoms with Crippen LogP contribution in [0, 0.1) is 5.82 Å². The number of aliphatic carboxylic acids is 1. The number of carbonyl (C=O) groups is 1. The maximum absolute atomic E-state index is 14.2. The van der Waals surface area contributed by atoms with Crippen molar-refractivity contribution in [3.63, 3.8) is 0 Å². The van der Waals surface area contributed by atoms with Gasteiger partial charge in [0, 0.05) is 62.0 Å². The monoisotopic (exact) mass is 906 g/mol. The molecule has 0 spiro atoms. The van der Waals surface area contributed by atoms with Crippen molar-refractivity contribution in [2.45, 2.75) is 25.2 Å². The van der Waals surface area contributed by atoms with Crippen molar-refractivity contribution >= 4 is 40.3 Å². The van der Waals surface area contributed by atoms with Crippen LogP contribution >= 0.6 is 23.2 Å². The number of likely N-dealkylation sites (N-methyl/N-ethyl adjacent to an activating group) is 1. The fourth-order valence-electron chi connectivity index (χ4n) is 7.74. The number of ether oxygens (including phenoxy) is 5. The Bertz CT molecular complexity index is 2800. The number of rotatable bonds is 9. The highest BCUT2D eigenvalue weighted by Crippen LogP contribution is 2.47. The molecule has 6 heterocycles. The molecule has 0 unspecified atom stereocenters. The van der Waals surface area contributed by atoms with Gasteiger partial charge in [-0.15, -0.1) is 0 Å². The number of furan rings is 1. The minimum Gasteiger partial charge on any atom is -0.496 e. The van der Waals surface area contributed by atoms with Gasteiger partial charge in [0.05, 0.1) is 28.4 Å². The molecule has 328 valence electrons. The second-order valence-corrected chi connectivity index (χ2v) is 16.2. The number of fused-ring (bicyclic) bond motifs is 7. The summed E-state index contributed by atoms with van der Waals surface area (Å²) in [7, 11) is 3.67. The summed E-state index contributed by atoms with van der Waals surface area (Å²) in [5.41, 5.74) is 3.18. The van der Waals surface area contributed by atoms with Crippen molar-refractivity contribution in [2.24, 2.45) is 0 Å². The fraction of sp³-hybridized carbons (Fsp3) is 0.255. The maximum Gasteiger partial charge on any atom is 0.345 e. The van der Waals surface area contributed by atoms with E-state index in [0.717, 1.165) is 26.2 Å². The Morgan fingerprint density at radius 2 is 1.69 bits per heavy atom. The summed E-state index contributed by atoms with van der Waals surface area (Å²) < 4.78 is 51.9. The lowest BCUT2D eigenvalue weighted by Gasteiger charge is -2.34. The molecule has 3 aromatic heterocycles. The number of hydrogen-bond acceptors (Lipinski definition) is 13. The van der Waals surface area contributed by atoms with Crippen LogP contribution in [-0.2, 0) is 17.8 Å². The Morgan fingerprint density at radius 1 is 0.906 bits per heavy atom. The Balaban J connectivity index is 1.13. The lowest BCUT2D eigenvalue weighted by molar-refractivity contribution is -0.145. The minimum absolute atomic E-state index is 0.0211. The van der Waals surface area contributed by atoms with Gasteiger partial charge in [-0.3, -0.25) is 4.90 Å². The van der Waals surface area contributed by atoms with Gasteiger partial charge >= 0.3 is 5.97 Å². The summed E-state index contributed by atoms with van der Waals surface area (Å²) in [5, 5.41) is 11.4. The molecule has 64 heavy (non-hydrogen) atoms. The number of halogens is 3. The molecule has 0 saturated carbocycles. The zero-order valence-corrected chi connectivity index (χ0v) is 36.2. The Labute approximate surface area is 377 Å². The number of hydrogen-bond donors (Lipinski definition) is 1. The van der Waals surface area contributed by atoms with Gasteiger partial charge in [0.25, 0.3) is 0 Å². The van der Waals surface area contributed by atoms with Crippen LogP contribution in [0.1, 0.15) is 11.3 Å². The zero-order valence-electron chi connectivity index (χ0n) is 34.7. The predicted octanol–water partition coefficient (Wildman–Crippen LogP) is 8.51. The summed E-state index contributed by atoms with van der Waals surface area (Å²) in [6.07, 6.45) is 0.605. The average molecular weight is 908 g/mol. The molecule has 10 rings (SSSR count). The van der Waals surface area contributed by atoms with Crippen molar-refractivity contribution in [2.75, 3.05) is 53.5 Å². The zero-order chi connectivity index (χ0) is 44.3. The van der Waals surface area contributed by atoms with E-state index >= 15 is 0 Å². The number of carboxylic acids is 1.